The lowest BCUT2D eigenvalue weighted by Gasteiger charge is -2.10. The molecule has 0 aliphatic rings. The Morgan fingerprint density at radius 3 is 2.68 bits per heavy atom. The lowest BCUT2D eigenvalue weighted by molar-refractivity contribution is -0.116. The van der Waals surface area contributed by atoms with Crippen LogP contribution in [0.5, 0.6) is 0 Å². The fourth-order valence-electron chi connectivity index (χ4n) is 2.40. The predicted octanol–water partition coefficient (Wildman–Crippen LogP) is 2.78. The van der Waals surface area contributed by atoms with Crippen LogP contribution in [0.1, 0.15) is 5.56 Å². The first-order chi connectivity index (χ1) is 13.3. The molecule has 0 radical (unpaired) electrons. The maximum atomic E-state index is 14.1. The lowest BCUT2D eigenvalue weighted by atomic mass is 10.1. The molecule has 8 nitrogen and oxygen atoms in total. The zero-order valence-electron chi connectivity index (χ0n) is 13.9. The number of aromatic amines is 1. The highest BCUT2D eigenvalue weighted by Crippen LogP contribution is 2.26. The van der Waals surface area contributed by atoms with E-state index in [0.29, 0.717) is 0 Å². The number of carbonyl (C=O) groups is 1. The zero-order valence-corrected chi connectivity index (χ0v) is 14.6. The molecule has 3 aromatic rings. The van der Waals surface area contributed by atoms with Crippen molar-refractivity contribution in [3.05, 3.63) is 52.3 Å². The second kappa shape index (κ2) is 7.64. The number of nitrogens with one attached hydrogen (secondary N) is 3. The second-order valence-electron chi connectivity index (χ2n) is 5.55. The van der Waals surface area contributed by atoms with E-state index in [1.165, 1.54) is 12.1 Å². The number of hydrogen-bond acceptors (Lipinski definition) is 5. The zero-order chi connectivity index (χ0) is 20.4. The standard InChI is InChI=1S/C16H12ClF3N6O2/c17-8-3-6(1-2-9(8)18)23-15(26-28)7-4-10(19)12(20)14-13(7)24-16(25-14)22-5-11(21)27/h1-4,28H,5H2,(H2,21,27)(H,23,26)(H2,22,24,25). The molecule has 6 N–H and O–H groups in total. The van der Waals surface area contributed by atoms with Gasteiger partial charge in [-0.15, -0.1) is 0 Å². The van der Waals surface area contributed by atoms with Gasteiger partial charge in [0.2, 0.25) is 11.9 Å². The molecule has 0 saturated carbocycles. The number of primary amides is 1. The summed E-state index contributed by atoms with van der Waals surface area (Å²) in [6.07, 6.45) is 0. The first-order valence-electron chi connectivity index (χ1n) is 7.64. The SMILES string of the molecule is NC(=O)CNc1nc2c(F)c(F)cc(/C(=N/O)Nc3ccc(F)c(Cl)c3)c2[nH]1. The normalized spacial score (nSPS) is 11.6. The van der Waals surface area contributed by atoms with Gasteiger partial charge in [-0.1, -0.05) is 16.8 Å². The van der Waals surface area contributed by atoms with Crippen LogP contribution in [0, 0.1) is 17.5 Å². The number of fused-ring (bicyclic) bond motifs is 1. The van der Waals surface area contributed by atoms with Crippen LogP contribution >= 0.6 is 11.6 Å². The van der Waals surface area contributed by atoms with Crippen LogP contribution in [-0.2, 0) is 4.79 Å². The summed E-state index contributed by atoms with van der Waals surface area (Å²) in [7, 11) is 0. The van der Waals surface area contributed by atoms with Gasteiger partial charge < -0.3 is 26.6 Å². The summed E-state index contributed by atoms with van der Waals surface area (Å²) in [5.41, 5.74) is 4.73. The molecule has 0 spiro atoms. The van der Waals surface area contributed by atoms with Crippen LogP contribution in [0.15, 0.2) is 29.4 Å². The van der Waals surface area contributed by atoms with Gasteiger partial charge in [-0.3, -0.25) is 4.79 Å². The van der Waals surface area contributed by atoms with Gasteiger partial charge in [-0.25, -0.2) is 18.2 Å². The molecule has 1 amide bonds. The average molecular weight is 413 g/mol. The molecule has 28 heavy (non-hydrogen) atoms. The van der Waals surface area contributed by atoms with Gasteiger partial charge in [0.25, 0.3) is 0 Å². The molecule has 0 atom stereocenters. The molecule has 1 aromatic heterocycles. The number of benzene rings is 2. The van der Waals surface area contributed by atoms with Crippen molar-refractivity contribution in [2.75, 3.05) is 17.2 Å². The van der Waals surface area contributed by atoms with E-state index in [0.717, 1.165) is 12.1 Å². The Balaban J connectivity index is 2.05. The molecule has 0 bridgehead atoms. The Hall–Kier alpha value is -3.47. The number of hydrogen-bond donors (Lipinski definition) is 5. The molecule has 12 heteroatoms. The number of anilines is 2. The summed E-state index contributed by atoms with van der Waals surface area (Å²) in [6.45, 7) is -0.299. The van der Waals surface area contributed by atoms with Crippen molar-refractivity contribution in [1.82, 2.24) is 9.97 Å². The average Bonchev–Trinajstić information content (AvgIpc) is 3.08. The van der Waals surface area contributed by atoms with Crippen molar-refractivity contribution in [3.63, 3.8) is 0 Å². The van der Waals surface area contributed by atoms with Gasteiger partial charge in [0, 0.05) is 11.3 Å². The molecule has 0 unspecified atom stereocenters. The maximum absolute atomic E-state index is 14.1. The fourth-order valence-corrected chi connectivity index (χ4v) is 2.58. The van der Waals surface area contributed by atoms with Crippen LogP contribution < -0.4 is 16.4 Å². The number of halogens is 4. The van der Waals surface area contributed by atoms with E-state index >= 15 is 0 Å². The van der Waals surface area contributed by atoms with Gasteiger partial charge in [-0.2, -0.15) is 0 Å². The number of imidazole rings is 1. The molecule has 146 valence electrons. The van der Waals surface area contributed by atoms with Crippen LogP contribution in [0.3, 0.4) is 0 Å². The van der Waals surface area contributed by atoms with Gasteiger partial charge in [0.05, 0.1) is 17.1 Å². The molecule has 0 saturated heterocycles. The van der Waals surface area contributed by atoms with Gasteiger partial charge in [-0.05, 0) is 24.3 Å². The van der Waals surface area contributed by atoms with E-state index in [1.54, 1.807) is 0 Å². The fraction of sp³-hybridized carbons (Fsp3) is 0.0625. The second-order valence-corrected chi connectivity index (χ2v) is 5.96. The minimum atomic E-state index is -1.25. The maximum Gasteiger partial charge on any atom is 0.236 e. The van der Waals surface area contributed by atoms with Crippen molar-refractivity contribution in [2.45, 2.75) is 0 Å². The molecule has 0 fully saturated rings. The summed E-state index contributed by atoms with van der Waals surface area (Å²) in [4.78, 5) is 17.4. The third kappa shape index (κ3) is 3.78. The van der Waals surface area contributed by atoms with Crippen LogP contribution in [-0.4, -0.2) is 33.5 Å². The molecule has 3 rings (SSSR count). The lowest BCUT2D eigenvalue weighted by Crippen LogP contribution is -2.22. The highest BCUT2D eigenvalue weighted by Gasteiger charge is 2.21. The highest BCUT2D eigenvalue weighted by molar-refractivity contribution is 6.31. The number of oxime groups is 1. The molecule has 0 aliphatic carbocycles. The Bertz CT molecular complexity index is 1100. The number of nitrogens with two attached hydrogens (primary N) is 1. The number of rotatable bonds is 5. The highest BCUT2D eigenvalue weighted by atomic mass is 35.5. The van der Waals surface area contributed by atoms with E-state index in [2.05, 4.69) is 25.8 Å². The number of amidine groups is 1. The van der Waals surface area contributed by atoms with E-state index in [-0.39, 0.29) is 40.1 Å². The Morgan fingerprint density at radius 2 is 2.04 bits per heavy atom. The monoisotopic (exact) mass is 412 g/mol. The van der Waals surface area contributed by atoms with E-state index in [1.807, 2.05) is 0 Å². The topological polar surface area (TPSA) is 128 Å². The summed E-state index contributed by atoms with van der Waals surface area (Å²) in [6, 6.07) is 4.37. The number of carbonyl (C=O) groups excluding carboxylic acids is 1. The molecule has 1 heterocycles. The number of amides is 1. The summed E-state index contributed by atoms with van der Waals surface area (Å²) in [5, 5.41) is 17.4. The Labute approximate surface area is 160 Å². The predicted molar refractivity (Wildman–Crippen MR) is 97.0 cm³/mol. The molecular formula is C16H12ClF3N6O2. The summed E-state index contributed by atoms with van der Waals surface area (Å²) in [5.74, 6) is -4.21. The van der Waals surface area contributed by atoms with Crippen molar-refractivity contribution < 1.29 is 23.2 Å². The number of aromatic nitrogens is 2. The van der Waals surface area contributed by atoms with Crippen molar-refractivity contribution in [2.24, 2.45) is 10.9 Å². The van der Waals surface area contributed by atoms with Gasteiger partial charge >= 0.3 is 0 Å². The third-order valence-electron chi connectivity index (χ3n) is 3.63. The first-order valence-corrected chi connectivity index (χ1v) is 8.02. The minimum Gasteiger partial charge on any atom is -0.409 e. The molecule has 2 aromatic carbocycles. The van der Waals surface area contributed by atoms with Crippen molar-refractivity contribution in [1.29, 1.82) is 0 Å². The van der Waals surface area contributed by atoms with E-state index in [4.69, 9.17) is 17.3 Å². The third-order valence-corrected chi connectivity index (χ3v) is 3.92. The molecule has 0 aliphatic heterocycles. The Morgan fingerprint density at radius 1 is 1.29 bits per heavy atom. The molecular weight excluding hydrogens is 401 g/mol. The quantitative estimate of drug-likeness (QED) is 0.190. The van der Waals surface area contributed by atoms with Crippen molar-refractivity contribution >= 4 is 46.0 Å². The largest absolute Gasteiger partial charge is 0.409 e. The van der Waals surface area contributed by atoms with E-state index < -0.39 is 28.9 Å². The van der Waals surface area contributed by atoms with Crippen LogP contribution in [0.25, 0.3) is 11.0 Å². The van der Waals surface area contributed by atoms with Crippen LogP contribution in [0.2, 0.25) is 5.02 Å². The van der Waals surface area contributed by atoms with E-state index in [9.17, 15) is 23.2 Å². The minimum absolute atomic E-state index is 0.0284. The Kier molecular flexibility index (Phi) is 5.27. The van der Waals surface area contributed by atoms with Crippen molar-refractivity contribution in [3.8, 4) is 0 Å². The summed E-state index contributed by atoms with van der Waals surface area (Å²) >= 11 is 5.70. The van der Waals surface area contributed by atoms with Gasteiger partial charge in [0.1, 0.15) is 11.3 Å². The van der Waals surface area contributed by atoms with Gasteiger partial charge in [0.15, 0.2) is 17.5 Å². The van der Waals surface area contributed by atoms with Crippen LogP contribution in [0.4, 0.5) is 24.8 Å². The first kappa shape index (κ1) is 19.3. The number of H-pyrrole nitrogens is 1. The summed E-state index contributed by atoms with van der Waals surface area (Å²) < 4.78 is 41.4. The number of nitrogens with zero attached hydrogens (tertiary/aromatic N) is 2. The smallest absolute Gasteiger partial charge is 0.236 e.